The van der Waals surface area contributed by atoms with E-state index in [1.807, 2.05) is 60.4 Å². The van der Waals surface area contributed by atoms with Crippen molar-refractivity contribution in [2.24, 2.45) is 0 Å². The van der Waals surface area contributed by atoms with E-state index in [0.29, 0.717) is 43.3 Å². The van der Waals surface area contributed by atoms with E-state index in [1.165, 1.54) is 0 Å². The van der Waals surface area contributed by atoms with Gasteiger partial charge in [-0.05, 0) is 29.8 Å². The first-order valence-corrected chi connectivity index (χ1v) is 9.81. The molecule has 28 heavy (non-hydrogen) atoms. The number of carbonyl (C=O) groups is 2. The summed E-state index contributed by atoms with van der Waals surface area (Å²) in [5.74, 6) is -0.0394. The van der Waals surface area contributed by atoms with Crippen LogP contribution in [-0.2, 0) is 9.59 Å². The van der Waals surface area contributed by atoms with Crippen LogP contribution >= 0.6 is 11.6 Å². The maximum atomic E-state index is 12.5. The predicted octanol–water partition coefficient (Wildman–Crippen LogP) is 4.05. The number of hydrogen-bond acceptors (Lipinski definition) is 3. The van der Waals surface area contributed by atoms with Gasteiger partial charge in [0.15, 0.2) is 0 Å². The topological polar surface area (TPSA) is 52.7 Å². The highest BCUT2D eigenvalue weighted by Gasteiger charge is 2.22. The molecule has 2 aromatic rings. The number of rotatable bonds is 5. The van der Waals surface area contributed by atoms with E-state index in [9.17, 15) is 9.59 Å². The van der Waals surface area contributed by atoms with Crippen LogP contribution in [0.3, 0.4) is 0 Å². The van der Waals surface area contributed by atoms with Crippen molar-refractivity contribution in [1.82, 2.24) is 4.90 Å². The molecule has 3 rings (SSSR count). The summed E-state index contributed by atoms with van der Waals surface area (Å²) in [7, 11) is 0. The van der Waals surface area contributed by atoms with Crippen LogP contribution in [0.25, 0.3) is 6.08 Å². The molecule has 0 atom stereocenters. The molecule has 1 aliphatic rings. The van der Waals surface area contributed by atoms with Crippen LogP contribution in [0.15, 0.2) is 54.6 Å². The third-order valence-corrected chi connectivity index (χ3v) is 4.94. The second-order valence-electron chi connectivity index (χ2n) is 6.62. The number of piperazine rings is 1. The number of benzene rings is 2. The van der Waals surface area contributed by atoms with Crippen molar-refractivity contribution in [1.29, 1.82) is 0 Å². The summed E-state index contributed by atoms with van der Waals surface area (Å²) in [5, 5.41) is 3.49. The number of amides is 2. The summed E-state index contributed by atoms with van der Waals surface area (Å²) in [5.41, 5.74) is 2.65. The van der Waals surface area contributed by atoms with Crippen LogP contribution in [0, 0.1) is 0 Å². The molecular formula is C22H24ClN3O2. The average molecular weight is 398 g/mol. The highest BCUT2D eigenvalue weighted by atomic mass is 35.5. The van der Waals surface area contributed by atoms with Gasteiger partial charge in [0.1, 0.15) is 0 Å². The minimum atomic E-state index is -0.0524. The SMILES string of the molecule is CCC(=O)Nc1cc(Cl)ccc1N1CCN(C(=O)/C=C/c2ccccc2)CC1. The molecular weight excluding hydrogens is 374 g/mol. The van der Waals surface area contributed by atoms with E-state index in [2.05, 4.69) is 10.2 Å². The van der Waals surface area contributed by atoms with Crippen molar-refractivity contribution >= 4 is 40.9 Å². The molecule has 1 N–H and O–H groups in total. The van der Waals surface area contributed by atoms with Gasteiger partial charge in [0.25, 0.3) is 0 Å². The minimum absolute atomic E-state index is 0.0131. The van der Waals surface area contributed by atoms with Crippen molar-refractivity contribution in [3.05, 3.63) is 65.2 Å². The van der Waals surface area contributed by atoms with Gasteiger partial charge in [-0.3, -0.25) is 9.59 Å². The van der Waals surface area contributed by atoms with Gasteiger partial charge < -0.3 is 15.1 Å². The Morgan fingerprint density at radius 1 is 1.07 bits per heavy atom. The molecule has 0 unspecified atom stereocenters. The Labute approximate surface area is 170 Å². The van der Waals surface area contributed by atoms with E-state index in [4.69, 9.17) is 11.6 Å². The fraction of sp³-hybridized carbons (Fsp3) is 0.273. The van der Waals surface area contributed by atoms with Crippen LogP contribution < -0.4 is 10.2 Å². The van der Waals surface area contributed by atoms with E-state index in [-0.39, 0.29) is 11.8 Å². The molecule has 0 saturated carbocycles. The number of halogens is 1. The number of carbonyl (C=O) groups excluding carboxylic acids is 2. The molecule has 0 spiro atoms. The van der Waals surface area contributed by atoms with Gasteiger partial charge in [-0.15, -0.1) is 0 Å². The van der Waals surface area contributed by atoms with Gasteiger partial charge in [0.05, 0.1) is 11.4 Å². The zero-order valence-electron chi connectivity index (χ0n) is 15.9. The maximum absolute atomic E-state index is 12.5. The van der Waals surface area contributed by atoms with Gasteiger partial charge in [0.2, 0.25) is 11.8 Å². The fourth-order valence-electron chi connectivity index (χ4n) is 3.13. The molecule has 2 amide bonds. The van der Waals surface area contributed by atoms with Gasteiger partial charge >= 0.3 is 0 Å². The lowest BCUT2D eigenvalue weighted by Crippen LogP contribution is -2.48. The number of nitrogens with zero attached hydrogens (tertiary/aromatic N) is 2. The molecule has 0 radical (unpaired) electrons. The largest absolute Gasteiger partial charge is 0.366 e. The smallest absolute Gasteiger partial charge is 0.246 e. The zero-order valence-corrected chi connectivity index (χ0v) is 16.7. The normalized spacial score (nSPS) is 14.4. The summed E-state index contributed by atoms with van der Waals surface area (Å²) in [6.07, 6.45) is 3.87. The second-order valence-corrected chi connectivity index (χ2v) is 7.06. The van der Waals surface area contributed by atoms with Crippen molar-refractivity contribution < 1.29 is 9.59 Å². The van der Waals surface area contributed by atoms with Crippen molar-refractivity contribution in [3.63, 3.8) is 0 Å². The number of anilines is 2. The second kappa shape index (κ2) is 9.42. The van der Waals surface area contributed by atoms with Crippen molar-refractivity contribution in [2.45, 2.75) is 13.3 Å². The van der Waals surface area contributed by atoms with E-state index < -0.39 is 0 Å². The molecule has 2 aromatic carbocycles. The summed E-state index contributed by atoms with van der Waals surface area (Å²) < 4.78 is 0. The molecule has 0 aliphatic carbocycles. The summed E-state index contributed by atoms with van der Waals surface area (Å²) >= 11 is 6.10. The third-order valence-electron chi connectivity index (χ3n) is 4.70. The van der Waals surface area contributed by atoms with Crippen LogP contribution in [-0.4, -0.2) is 42.9 Å². The maximum Gasteiger partial charge on any atom is 0.246 e. The Morgan fingerprint density at radius 3 is 2.46 bits per heavy atom. The van der Waals surface area contributed by atoms with Crippen molar-refractivity contribution in [2.75, 3.05) is 36.4 Å². The zero-order chi connectivity index (χ0) is 19.9. The van der Waals surface area contributed by atoms with Gasteiger partial charge in [-0.1, -0.05) is 48.9 Å². The van der Waals surface area contributed by atoms with E-state index >= 15 is 0 Å². The number of nitrogens with one attached hydrogen (secondary N) is 1. The predicted molar refractivity (Wildman–Crippen MR) is 115 cm³/mol. The Morgan fingerprint density at radius 2 is 1.79 bits per heavy atom. The summed E-state index contributed by atoms with van der Waals surface area (Å²) in [6, 6.07) is 15.3. The van der Waals surface area contributed by atoms with E-state index in [1.54, 1.807) is 12.1 Å². The third kappa shape index (κ3) is 5.14. The van der Waals surface area contributed by atoms with Crippen LogP contribution in [0.2, 0.25) is 5.02 Å². The Hall–Kier alpha value is -2.79. The summed E-state index contributed by atoms with van der Waals surface area (Å²) in [4.78, 5) is 28.3. The van der Waals surface area contributed by atoms with E-state index in [0.717, 1.165) is 11.3 Å². The summed E-state index contributed by atoms with van der Waals surface area (Å²) in [6.45, 7) is 4.46. The monoisotopic (exact) mass is 397 g/mol. The van der Waals surface area contributed by atoms with Crippen LogP contribution in [0.5, 0.6) is 0 Å². The molecule has 1 aliphatic heterocycles. The molecule has 6 heteroatoms. The molecule has 1 saturated heterocycles. The van der Waals surface area contributed by atoms with Gasteiger partial charge in [-0.2, -0.15) is 0 Å². The Bertz CT molecular complexity index is 859. The highest BCUT2D eigenvalue weighted by Crippen LogP contribution is 2.30. The first kappa shape index (κ1) is 20.0. The minimum Gasteiger partial charge on any atom is -0.366 e. The molecule has 1 heterocycles. The van der Waals surface area contributed by atoms with Crippen molar-refractivity contribution in [3.8, 4) is 0 Å². The molecule has 0 aromatic heterocycles. The molecule has 1 fully saturated rings. The van der Waals surface area contributed by atoms with Crippen LogP contribution in [0.4, 0.5) is 11.4 Å². The lowest BCUT2D eigenvalue weighted by atomic mass is 10.2. The lowest BCUT2D eigenvalue weighted by Gasteiger charge is -2.36. The van der Waals surface area contributed by atoms with Crippen LogP contribution in [0.1, 0.15) is 18.9 Å². The lowest BCUT2D eigenvalue weighted by molar-refractivity contribution is -0.126. The average Bonchev–Trinajstić information content (AvgIpc) is 2.73. The highest BCUT2D eigenvalue weighted by molar-refractivity contribution is 6.31. The first-order chi connectivity index (χ1) is 13.6. The van der Waals surface area contributed by atoms with Gasteiger partial charge in [-0.25, -0.2) is 0 Å². The fourth-order valence-corrected chi connectivity index (χ4v) is 3.30. The molecule has 146 valence electrons. The number of hydrogen-bond donors (Lipinski definition) is 1. The Kier molecular flexibility index (Phi) is 6.71. The Balaban J connectivity index is 1.63. The molecule has 5 nitrogen and oxygen atoms in total. The molecule has 0 bridgehead atoms. The standard InChI is InChI=1S/C22H24ClN3O2/c1-2-21(27)24-19-16-18(23)9-10-20(19)25-12-14-26(15-13-25)22(28)11-8-17-6-4-3-5-7-17/h3-11,16H,2,12-15H2,1H3,(H,24,27)/b11-8+. The quantitative estimate of drug-likeness (QED) is 0.774. The first-order valence-electron chi connectivity index (χ1n) is 9.43. The van der Waals surface area contributed by atoms with Gasteiger partial charge in [0, 0.05) is 43.7 Å².